The fourth-order valence-electron chi connectivity index (χ4n) is 0.824. The minimum Gasteiger partial charge on any atom is -0.383 e. The van der Waals surface area contributed by atoms with Gasteiger partial charge in [-0.2, -0.15) is 0 Å². The minimum absolute atomic E-state index is 0.0307. The Hall–Kier alpha value is -0.140. The molecule has 0 aliphatic carbocycles. The number of amides is 1. The van der Waals surface area contributed by atoms with Gasteiger partial charge in [-0.25, -0.2) is 8.42 Å². The Morgan fingerprint density at radius 1 is 1.50 bits per heavy atom. The average molecular weight is 316 g/mol. The van der Waals surface area contributed by atoms with Crippen molar-refractivity contribution >= 4 is 31.7 Å². The molecule has 7 heteroatoms. The van der Waals surface area contributed by atoms with Crippen LogP contribution in [0.4, 0.5) is 0 Å². The number of carbonyl (C=O) groups is 1. The number of halogens is 1. The topological polar surface area (TPSA) is 72.5 Å². The van der Waals surface area contributed by atoms with Gasteiger partial charge in [-0.1, -0.05) is 15.9 Å². The number of carbonyl (C=O) groups excluding carboxylic acids is 1. The van der Waals surface area contributed by atoms with Crippen molar-refractivity contribution in [1.29, 1.82) is 0 Å². The number of ether oxygens (including phenoxy) is 1. The summed E-state index contributed by atoms with van der Waals surface area (Å²) in [5.74, 6) is -0.504. The molecule has 0 aromatic heterocycles. The third kappa shape index (κ3) is 4.39. The molecule has 0 aromatic carbocycles. The van der Waals surface area contributed by atoms with Crippen LogP contribution in [0.5, 0.6) is 0 Å². The number of rotatable bonds is 6. The number of sulfone groups is 1. The van der Waals surface area contributed by atoms with E-state index in [-0.39, 0.29) is 4.83 Å². The summed E-state index contributed by atoms with van der Waals surface area (Å²) in [5.41, 5.74) is 0. The molecule has 1 amide bonds. The first-order valence-corrected chi connectivity index (χ1v) is 7.54. The molecule has 0 bridgehead atoms. The highest BCUT2D eigenvalue weighted by molar-refractivity contribution is 9.09. The van der Waals surface area contributed by atoms with Crippen molar-refractivity contribution in [2.75, 3.05) is 26.5 Å². The van der Waals surface area contributed by atoms with Crippen LogP contribution in [0, 0.1) is 0 Å². The summed E-state index contributed by atoms with van der Waals surface area (Å²) < 4.78 is 26.2. The standard InChI is InChI=1S/C9H18BrNO4S/c1-9(2,16(4,13)14)8(12)11-5-7(10)6-15-3/h7H,5-6H2,1-4H3,(H,11,12). The Morgan fingerprint density at radius 2 is 2.00 bits per heavy atom. The zero-order valence-corrected chi connectivity index (χ0v) is 12.3. The molecular weight excluding hydrogens is 298 g/mol. The van der Waals surface area contributed by atoms with E-state index >= 15 is 0 Å². The van der Waals surface area contributed by atoms with E-state index in [1.54, 1.807) is 7.11 Å². The van der Waals surface area contributed by atoms with Crippen LogP contribution in [-0.4, -0.2) is 50.4 Å². The molecule has 16 heavy (non-hydrogen) atoms. The maximum absolute atomic E-state index is 11.7. The van der Waals surface area contributed by atoms with Gasteiger partial charge >= 0.3 is 0 Å². The van der Waals surface area contributed by atoms with Crippen molar-refractivity contribution in [3.63, 3.8) is 0 Å². The van der Waals surface area contributed by atoms with Gasteiger partial charge in [-0.15, -0.1) is 0 Å². The first-order chi connectivity index (χ1) is 7.13. The molecule has 0 spiro atoms. The average Bonchev–Trinajstić information content (AvgIpc) is 2.12. The van der Waals surface area contributed by atoms with Gasteiger partial charge in [0.15, 0.2) is 9.84 Å². The van der Waals surface area contributed by atoms with E-state index in [0.717, 1.165) is 6.26 Å². The Bertz CT molecular complexity index is 339. The normalized spacial score (nSPS) is 14.6. The van der Waals surface area contributed by atoms with E-state index in [9.17, 15) is 13.2 Å². The molecule has 0 saturated carbocycles. The second kappa shape index (κ2) is 5.97. The summed E-state index contributed by atoms with van der Waals surface area (Å²) in [4.78, 5) is 11.6. The molecule has 0 radical (unpaired) electrons. The van der Waals surface area contributed by atoms with Gasteiger partial charge in [-0.05, 0) is 13.8 Å². The number of nitrogens with one attached hydrogen (secondary N) is 1. The van der Waals surface area contributed by atoms with Crippen molar-refractivity contribution in [3.05, 3.63) is 0 Å². The minimum atomic E-state index is -3.42. The number of alkyl halides is 1. The molecule has 1 unspecified atom stereocenters. The van der Waals surface area contributed by atoms with Crippen molar-refractivity contribution in [1.82, 2.24) is 5.32 Å². The lowest BCUT2D eigenvalue weighted by Gasteiger charge is -2.22. The van der Waals surface area contributed by atoms with Crippen molar-refractivity contribution in [3.8, 4) is 0 Å². The molecule has 0 saturated heterocycles. The van der Waals surface area contributed by atoms with Crippen LogP contribution >= 0.6 is 15.9 Å². The molecule has 1 atom stereocenters. The van der Waals surface area contributed by atoms with Gasteiger partial charge in [0, 0.05) is 19.9 Å². The Kier molecular flexibility index (Phi) is 5.92. The Balaban J connectivity index is 4.38. The highest BCUT2D eigenvalue weighted by Gasteiger charge is 2.38. The smallest absolute Gasteiger partial charge is 0.240 e. The quantitative estimate of drug-likeness (QED) is 0.717. The van der Waals surface area contributed by atoms with Crippen LogP contribution < -0.4 is 5.32 Å². The number of methoxy groups -OCH3 is 1. The zero-order valence-electron chi connectivity index (χ0n) is 9.91. The largest absolute Gasteiger partial charge is 0.383 e. The zero-order chi connectivity index (χ0) is 13.0. The highest BCUT2D eigenvalue weighted by Crippen LogP contribution is 2.15. The van der Waals surface area contributed by atoms with Gasteiger partial charge < -0.3 is 10.1 Å². The lowest BCUT2D eigenvalue weighted by atomic mass is 10.2. The Morgan fingerprint density at radius 3 is 2.38 bits per heavy atom. The third-order valence-electron chi connectivity index (χ3n) is 2.31. The lowest BCUT2D eigenvalue weighted by molar-refractivity contribution is -0.122. The van der Waals surface area contributed by atoms with Crippen LogP contribution in [0.25, 0.3) is 0 Å². The van der Waals surface area contributed by atoms with Gasteiger partial charge in [-0.3, -0.25) is 4.79 Å². The molecule has 5 nitrogen and oxygen atoms in total. The summed E-state index contributed by atoms with van der Waals surface area (Å²) in [5, 5.41) is 2.57. The van der Waals surface area contributed by atoms with Gasteiger partial charge in [0.25, 0.3) is 0 Å². The second-order valence-electron chi connectivity index (χ2n) is 4.05. The lowest BCUT2D eigenvalue weighted by Crippen LogP contribution is -2.49. The predicted octanol–water partition coefficient (Wildman–Crippen LogP) is 0.336. The van der Waals surface area contributed by atoms with Crippen molar-refractivity contribution in [2.45, 2.75) is 23.4 Å². The van der Waals surface area contributed by atoms with Crippen LogP contribution in [0.15, 0.2) is 0 Å². The summed E-state index contributed by atoms with van der Waals surface area (Å²) in [6.07, 6.45) is 1.05. The molecule has 0 aromatic rings. The fraction of sp³-hybridized carbons (Fsp3) is 0.889. The first kappa shape index (κ1) is 15.9. The number of hydrogen-bond donors (Lipinski definition) is 1. The van der Waals surface area contributed by atoms with Crippen LogP contribution in [0.3, 0.4) is 0 Å². The Labute approximate surface area is 105 Å². The van der Waals surface area contributed by atoms with E-state index in [1.165, 1.54) is 13.8 Å². The summed E-state index contributed by atoms with van der Waals surface area (Å²) in [6, 6.07) is 0. The van der Waals surface area contributed by atoms with Gasteiger partial charge in [0.2, 0.25) is 5.91 Å². The highest BCUT2D eigenvalue weighted by atomic mass is 79.9. The molecule has 0 rings (SSSR count). The molecule has 0 aliphatic rings. The molecule has 1 N–H and O–H groups in total. The van der Waals surface area contributed by atoms with Crippen LogP contribution in [-0.2, 0) is 19.4 Å². The van der Waals surface area contributed by atoms with E-state index in [4.69, 9.17) is 4.74 Å². The van der Waals surface area contributed by atoms with Crippen LogP contribution in [0.2, 0.25) is 0 Å². The molecular formula is C9H18BrNO4S. The molecule has 0 fully saturated rings. The summed E-state index contributed by atoms with van der Waals surface area (Å²) in [6.45, 7) is 3.54. The number of hydrogen-bond acceptors (Lipinski definition) is 4. The molecule has 96 valence electrons. The SMILES string of the molecule is COCC(Br)CNC(=O)C(C)(C)S(C)(=O)=O. The molecule has 0 aliphatic heterocycles. The fourth-order valence-corrected chi connectivity index (χ4v) is 1.66. The van der Waals surface area contributed by atoms with Crippen molar-refractivity contribution in [2.24, 2.45) is 0 Å². The van der Waals surface area contributed by atoms with Crippen LogP contribution in [0.1, 0.15) is 13.8 Å². The summed E-state index contributed by atoms with van der Waals surface area (Å²) in [7, 11) is -1.87. The van der Waals surface area contributed by atoms with E-state index in [2.05, 4.69) is 21.2 Å². The predicted molar refractivity (Wildman–Crippen MR) is 66.5 cm³/mol. The maximum atomic E-state index is 11.7. The van der Waals surface area contributed by atoms with E-state index < -0.39 is 20.5 Å². The van der Waals surface area contributed by atoms with E-state index in [1.807, 2.05) is 0 Å². The summed E-state index contributed by atoms with van der Waals surface area (Å²) >= 11 is 3.29. The third-order valence-corrected chi connectivity index (χ3v) is 4.93. The first-order valence-electron chi connectivity index (χ1n) is 4.74. The maximum Gasteiger partial charge on any atom is 0.240 e. The van der Waals surface area contributed by atoms with Crippen molar-refractivity contribution < 1.29 is 17.9 Å². The monoisotopic (exact) mass is 315 g/mol. The molecule has 0 heterocycles. The second-order valence-corrected chi connectivity index (χ2v) is 7.91. The van der Waals surface area contributed by atoms with Gasteiger partial charge in [0.1, 0.15) is 4.75 Å². The van der Waals surface area contributed by atoms with E-state index in [0.29, 0.717) is 13.2 Å². The van der Waals surface area contributed by atoms with Gasteiger partial charge in [0.05, 0.1) is 11.4 Å².